The molecule has 1 saturated heterocycles. The number of aryl methyl sites for hydroxylation is 1. The van der Waals surface area contributed by atoms with Crippen LogP contribution in [0.4, 0.5) is 13.2 Å². The van der Waals surface area contributed by atoms with Crippen LogP contribution in [0, 0.1) is 24.4 Å². The fraction of sp³-hybridized carbons (Fsp3) is 0.368. The maximum absolute atomic E-state index is 14.0. The van der Waals surface area contributed by atoms with Crippen molar-refractivity contribution in [1.82, 2.24) is 4.31 Å². The van der Waals surface area contributed by atoms with Crippen molar-refractivity contribution >= 4 is 10.0 Å². The molecule has 2 aromatic carbocycles. The molecule has 152 valence electrons. The van der Waals surface area contributed by atoms with Crippen LogP contribution in [0.2, 0.25) is 0 Å². The van der Waals surface area contributed by atoms with E-state index >= 15 is 0 Å². The molecule has 2 aromatic rings. The summed E-state index contributed by atoms with van der Waals surface area (Å²) >= 11 is 0. The number of quaternary nitrogens is 1. The maximum Gasteiger partial charge on any atom is 0.246 e. The molecule has 1 aliphatic heterocycles. The fourth-order valence-electron chi connectivity index (χ4n) is 3.38. The van der Waals surface area contributed by atoms with Crippen molar-refractivity contribution in [1.29, 1.82) is 0 Å². The van der Waals surface area contributed by atoms with Crippen molar-refractivity contribution in [2.75, 3.05) is 33.3 Å². The Labute approximate surface area is 162 Å². The smallest absolute Gasteiger partial charge is 0.246 e. The van der Waals surface area contributed by atoms with Crippen LogP contribution in [0.3, 0.4) is 0 Å². The second kappa shape index (κ2) is 8.10. The van der Waals surface area contributed by atoms with Crippen LogP contribution in [-0.2, 0) is 16.6 Å². The highest BCUT2D eigenvalue weighted by atomic mass is 32.2. The Kier molecular flexibility index (Phi) is 5.97. The molecule has 3 rings (SSSR count). The first-order valence-electron chi connectivity index (χ1n) is 8.84. The molecule has 0 bridgehead atoms. The molecular weight excluding hydrogens is 393 g/mol. The number of piperazine rings is 1. The average molecular weight is 415 g/mol. The molecular formula is C19H22F3N2O3S+. The predicted molar refractivity (Wildman–Crippen MR) is 97.2 cm³/mol. The molecule has 0 atom stereocenters. The normalized spacial score (nSPS) is 16.3. The highest BCUT2D eigenvalue weighted by Crippen LogP contribution is 2.23. The first-order chi connectivity index (χ1) is 13.2. The first-order valence-corrected chi connectivity index (χ1v) is 10.3. The van der Waals surface area contributed by atoms with Gasteiger partial charge in [-0.2, -0.15) is 4.31 Å². The van der Waals surface area contributed by atoms with Gasteiger partial charge in [-0.1, -0.05) is 11.6 Å². The number of ether oxygens (including phenoxy) is 1. The predicted octanol–water partition coefficient (Wildman–Crippen LogP) is 1.51. The summed E-state index contributed by atoms with van der Waals surface area (Å²) in [6.07, 6.45) is 0. The zero-order valence-corrected chi connectivity index (χ0v) is 16.5. The van der Waals surface area contributed by atoms with Gasteiger partial charge in [-0.05, 0) is 31.2 Å². The number of hydrogen-bond acceptors (Lipinski definition) is 3. The van der Waals surface area contributed by atoms with Gasteiger partial charge in [0.1, 0.15) is 17.2 Å². The van der Waals surface area contributed by atoms with Crippen LogP contribution in [0.15, 0.2) is 35.2 Å². The second-order valence-electron chi connectivity index (χ2n) is 6.82. The molecule has 5 nitrogen and oxygen atoms in total. The monoisotopic (exact) mass is 415 g/mol. The largest absolute Gasteiger partial charge is 0.496 e. The van der Waals surface area contributed by atoms with Crippen molar-refractivity contribution in [2.24, 2.45) is 0 Å². The third-order valence-corrected chi connectivity index (χ3v) is 6.84. The molecule has 0 radical (unpaired) electrons. The fourth-order valence-corrected chi connectivity index (χ4v) is 4.88. The molecule has 0 aliphatic carbocycles. The van der Waals surface area contributed by atoms with E-state index < -0.39 is 32.4 Å². The maximum atomic E-state index is 14.0. The number of hydrogen-bond donors (Lipinski definition) is 1. The molecule has 1 fully saturated rings. The second-order valence-corrected chi connectivity index (χ2v) is 8.73. The summed E-state index contributed by atoms with van der Waals surface area (Å²) in [5.74, 6) is -4.11. The minimum absolute atomic E-state index is 0.157. The Morgan fingerprint density at radius 3 is 2.39 bits per heavy atom. The summed E-state index contributed by atoms with van der Waals surface area (Å²) in [6, 6.07) is 7.28. The molecule has 28 heavy (non-hydrogen) atoms. The Bertz CT molecular complexity index is 975. The van der Waals surface area contributed by atoms with Gasteiger partial charge in [0.15, 0.2) is 17.5 Å². The van der Waals surface area contributed by atoms with Crippen LogP contribution >= 0.6 is 0 Å². The number of nitrogens with zero attached hydrogens (tertiary/aromatic N) is 1. The molecule has 1 N–H and O–H groups in total. The molecule has 9 heteroatoms. The summed E-state index contributed by atoms with van der Waals surface area (Å²) in [7, 11) is -2.63. The number of methoxy groups -OCH3 is 1. The number of halogens is 3. The Balaban J connectivity index is 1.72. The van der Waals surface area contributed by atoms with E-state index in [1.165, 1.54) is 0 Å². The molecule has 0 aromatic heterocycles. The average Bonchev–Trinajstić information content (AvgIpc) is 2.66. The van der Waals surface area contributed by atoms with Crippen LogP contribution in [-0.4, -0.2) is 46.0 Å². The van der Waals surface area contributed by atoms with Gasteiger partial charge in [0, 0.05) is 5.56 Å². The van der Waals surface area contributed by atoms with Gasteiger partial charge in [0.25, 0.3) is 0 Å². The van der Waals surface area contributed by atoms with E-state index in [9.17, 15) is 21.6 Å². The van der Waals surface area contributed by atoms with E-state index in [0.29, 0.717) is 25.7 Å². The molecule has 1 heterocycles. The van der Waals surface area contributed by atoms with Crippen LogP contribution in [0.25, 0.3) is 0 Å². The van der Waals surface area contributed by atoms with Gasteiger partial charge in [0.2, 0.25) is 10.0 Å². The van der Waals surface area contributed by atoms with Crippen LogP contribution < -0.4 is 9.64 Å². The van der Waals surface area contributed by atoms with Crippen molar-refractivity contribution in [3.8, 4) is 5.75 Å². The van der Waals surface area contributed by atoms with E-state index in [0.717, 1.165) is 32.1 Å². The van der Waals surface area contributed by atoms with E-state index in [4.69, 9.17) is 4.74 Å². The Hall–Kier alpha value is -2.10. The molecule has 0 amide bonds. The molecule has 1 aliphatic rings. The summed E-state index contributed by atoms with van der Waals surface area (Å²) < 4.78 is 72.3. The highest BCUT2D eigenvalue weighted by Gasteiger charge is 2.34. The Morgan fingerprint density at radius 2 is 1.75 bits per heavy atom. The van der Waals surface area contributed by atoms with Crippen LogP contribution in [0.1, 0.15) is 11.1 Å². The summed E-state index contributed by atoms with van der Waals surface area (Å²) in [5, 5.41) is 0. The third-order valence-electron chi connectivity index (χ3n) is 4.92. The van der Waals surface area contributed by atoms with Gasteiger partial charge in [0.05, 0.1) is 33.3 Å². The van der Waals surface area contributed by atoms with Crippen LogP contribution in [0.5, 0.6) is 5.75 Å². The number of benzene rings is 2. The van der Waals surface area contributed by atoms with Crippen molar-refractivity contribution < 1.29 is 31.2 Å². The minimum atomic E-state index is -4.23. The lowest BCUT2D eigenvalue weighted by Gasteiger charge is -2.31. The van der Waals surface area contributed by atoms with Gasteiger partial charge in [-0.3, -0.25) is 0 Å². The van der Waals surface area contributed by atoms with Gasteiger partial charge >= 0.3 is 0 Å². The lowest BCUT2D eigenvalue weighted by molar-refractivity contribution is -0.917. The van der Waals surface area contributed by atoms with Gasteiger partial charge < -0.3 is 9.64 Å². The van der Waals surface area contributed by atoms with Crippen molar-refractivity contribution in [3.05, 3.63) is 58.9 Å². The highest BCUT2D eigenvalue weighted by molar-refractivity contribution is 7.89. The number of sulfonamides is 1. The van der Waals surface area contributed by atoms with E-state index in [2.05, 4.69) is 0 Å². The standard InChI is InChI=1S/C19H21F3N2O3S/c1-13-3-5-16(27-2)14(11-13)12-23-7-9-24(10-8-23)28(25,26)17-6-4-15(20)18(21)19(17)22/h3-6,11H,7-10,12H2,1-2H3/p+1. The minimum Gasteiger partial charge on any atom is -0.496 e. The molecule has 0 spiro atoms. The SMILES string of the molecule is COc1ccc(C)cc1C[NH+]1CCN(S(=O)(=O)c2ccc(F)c(F)c2F)CC1. The number of nitrogens with one attached hydrogen (secondary N) is 1. The zero-order chi connectivity index (χ0) is 20.5. The summed E-state index contributed by atoms with van der Waals surface area (Å²) in [6.45, 7) is 3.97. The number of rotatable bonds is 5. The van der Waals surface area contributed by atoms with Gasteiger partial charge in [-0.25, -0.2) is 21.6 Å². The summed E-state index contributed by atoms with van der Waals surface area (Å²) in [5.41, 5.74) is 2.13. The summed E-state index contributed by atoms with van der Waals surface area (Å²) in [4.78, 5) is 0.316. The van der Waals surface area contributed by atoms with Gasteiger partial charge in [-0.15, -0.1) is 0 Å². The lowest BCUT2D eigenvalue weighted by atomic mass is 10.1. The van der Waals surface area contributed by atoms with E-state index in [1.807, 2.05) is 25.1 Å². The first kappa shape index (κ1) is 20.6. The third kappa shape index (κ3) is 4.01. The van der Waals surface area contributed by atoms with Crippen molar-refractivity contribution in [2.45, 2.75) is 18.4 Å². The quantitative estimate of drug-likeness (QED) is 0.754. The lowest BCUT2D eigenvalue weighted by Crippen LogP contribution is -3.13. The molecule has 0 unspecified atom stereocenters. The topological polar surface area (TPSA) is 51.1 Å². The van der Waals surface area contributed by atoms with E-state index in [1.54, 1.807) is 7.11 Å². The Morgan fingerprint density at radius 1 is 1.07 bits per heavy atom. The zero-order valence-electron chi connectivity index (χ0n) is 15.6. The van der Waals surface area contributed by atoms with E-state index in [-0.39, 0.29) is 13.1 Å². The molecule has 0 saturated carbocycles. The van der Waals surface area contributed by atoms with Crippen molar-refractivity contribution in [3.63, 3.8) is 0 Å².